The van der Waals surface area contributed by atoms with Crippen LogP contribution in [0.25, 0.3) is 11.3 Å². The van der Waals surface area contributed by atoms with E-state index in [-0.39, 0.29) is 30.2 Å². The standard InChI is InChI=1S/C29H27FN4O2S/c1-18-6-7-19(2)23(17-18)32-26(35)14-16-34-28(27(33-29(34)37)22-5-3-4-15-31-22)25-13-12-24(36-25)20-8-10-21(30)11-9-20/h3-13,15,17,27-28H,14,16H2,1-2H3,(H,32,35)(H,33,37)/t27-,28-/m0/s1. The molecule has 2 aromatic carbocycles. The van der Waals surface area contributed by atoms with Gasteiger partial charge in [-0.25, -0.2) is 4.39 Å². The molecule has 188 valence electrons. The van der Waals surface area contributed by atoms with E-state index in [9.17, 15) is 9.18 Å². The molecule has 5 rings (SSSR count). The van der Waals surface area contributed by atoms with Crippen LogP contribution in [0.5, 0.6) is 0 Å². The number of pyridine rings is 1. The van der Waals surface area contributed by atoms with Crippen molar-refractivity contribution in [2.45, 2.75) is 32.4 Å². The fourth-order valence-corrected chi connectivity index (χ4v) is 4.87. The zero-order valence-corrected chi connectivity index (χ0v) is 21.4. The Labute approximate surface area is 220 Å². The van der Waals surface area contributed by atoms with Crippen molar-refractivity contribution < 1.29 is 13.6 Å². The molecule has 1 fully saturated rings. The molecule has 3 heterocycles. The maximum absolute atomic E-state index is 13.4. The Hall–Kier alpha value is -4.04. The lowest BCUT2D eigenvalue weighted by Crippen LogP contribution is -2.32. The van der Waals surface area contributed by atoms with E-state index in [4.69, 9.17) is 16.6 Å². The fourth-order valence-electron chi connectivity index (χ4n) is 4.54. The van der Waals surface area contributed by atoms with Crippen LogP contribution in [-0.4, -0.2) is 27.4 Å². The largest absolute Gasteiger partial charge is 0.459 e. The fraction of sp³-hybridized carbons (Fsp3) is 0.207. The zero-order chi connectivity index (χ0) is 25.9. The normalized spacial score (nSPS) is 17.1. The van der Waals surface area contributed by atoms with Gasteiger partial charge in [0.15, 0.2) is 5.11 Å². The van der Waals surface area contributed by atoms with Gasteiger partial charge in [0, 0.05) is 30.4 Å². The molecule has 0 saturated carbocycles. The lowest BCUT2D eigenvalue weighted by Gasteiger charge is -2.26. The maximum atomic E-state index is 13.4. The number of rotatable bonds is 7. The Morgan fingerprint density at radius 3 is 2.68 bits per heavy atom. The summed E-state index contributed by atoms with van der Waals surface area (Å²) < 4.78 is 19.7. The highest BCUT2D eigenvalue weighted by Gasteiger charge is 2.41. The van der Waals surface area contributed by atoms with Crippen molar-refractivity contribution in [1.29, 1.82) is 0 Å². The third-order valence-electron chi connectivity index (χ3n) is 6.49. The predicted molar refractivity (Wildman–Crippen MR) is 145 cm³/mol. The average Bonchev–Trinajstić information content (AvgIpc) is 3.50. The lowest BCUT2D eigenvalue weighted by molar-refractivity contribution is -0.116. The molecular formula is C29H27FN4O2S. The van der Waals surface area contributed by atoms with Gasteiger partial charge in [0.2, 0.25) is 5.91 Å². The van der Waals surface area contributed by atoms with Crippen molar-refractivity contribution in [1.82, 2.24) is 15.2 Å². The first-order chi connectivity index (χ1) is 17.9. The van der Waals surface area contributed by atoms with E-state index in [2.05, 4.69) is 15.6 Å². The summed E-state index contributed by atoms with van der Waals surface area (Å²) in [6.45, 7) is 4.36. The molecule has 0 spiro atoms. The minimum Gasteiger partial charge on any atom is -0.459 e. The summed E-state index contributed by atoms with van der Waals surface area (Å²) in [5.41, 5.74) is 4.49. The second-order valence-corrected chi connectivity index (χ2v) is 9.53. The Morgan fingerprint density at radius 1 is 1.11 bits per heavy atom. The number of amides is 1. The van der Waals surface area contributed by atoms with Crippen molar-refractivity contribution in [3.8, 4) is 11.3 Å². The Balaban J connectivity index is 1.39. The highest BCUT2D eigenvalue weighted by Crippen LogP contribution is 2.40. The third-order valence-corrected chi connectivity index (χ3v) is 6.84. The quantitative estimate of drug-likeness (QED) is 0.291. The number of aryl methyl sites for hydroxylation is 2. The van der Waals surface area contributed by atoms with Crippen LogP contribution < -0.4 is 10.6 Å². The Bertz CT molecular complexity index is 1420. The summed E-state index contributed by atoms with van der Waals surface area (Å²) in [6.07, 6.45) is 1.98. The van der Waals surface area contributed by atoms with Gasteiger partial charge in [-0.3, -0.25) is 9.78 Å². The lowest BCUT2D eigenvalue weighted by atomic mass is 10.0. The third kappa shape index (κ3) is 5.39. The summed E-state index contributed by atoms with van der Waals surface area (Å²) in [5, 5.41) is 6.92. The van der Waals surface area contributed by atoms with Gasteiger partial charge in [0.1, 0.15) is 23.4 Å². The number of thiocarbonyl (C=S) groups is 1. The van der Waals surface area contributed by atoms with E-state index in [0.29, 0.717) is 23.2 Å². The Morgan fingerprint density at radius 2 is 1.92 bits per heavy atom. The van der Waals surface area contributed by atoms with Crippen molar-refractivity contribution in [2.75, 3.05) is 11.9 Å². The van der Waals surface area contributed by atoms with Crippen molar-refractivity contribution >= 4 is 28.9 Å². The molecule has 1 saturated heterocycles. The van der Waals surface area contributed by atoms with Gasteiger partial charge in [0.25, 0.3) is 0 Å². The van der Waals surface area contributed by atoms with Crippen LogP contribution in [0.2, 0.25) is 0 Å². The van der Waals surface area contributed by atoms with Crippen molar-refractivity contribution in [3.05, 3.63) is 107 Å². The Kier molecular flexibility index (Phi) is 7.01. The molecule has 0 radical (unpaired) electrons. The SMILES string of the molecule is Cc1ccc(C)c(NC(=O)CCN2C(=S)N[C@@H](c3ccccn3)[C@@H]2c2ccc(-c3ccc(F)cc3)o2)c1. The number of furan rings is 1. The summed E-state index contributed by atoms with van der Waals surface area (Å²) in [4.78, 5) is 19.4. The number of carbonyl (C=O) groups excluding carboxylic acids is 1. The number of hydrogen-bond donors (Lipinski definition) is 2. The smallest absolute Gasteiger partial charge is 0.226 e. The van der Waals surface area contributed by atoms with E-state index < -0.39 is 0 Å². The number of halogens is 1. The van der Waals surface area contributed by atoms with Gasteiger partial charge in [-0.15, -0.1) is 0 Å². The number of nitrogens with zero attached hydrogens (tertiary/aromatic N) is 2. The molecule has 37 heavy (non-hydrogen) atoms. The molecule has 1 amide bonds. The van der Waals surface area contributed by atoms with Gasteiger partial charge in [-0.05, 0) is 91.8 Å². The molecule has 2 N–H and O–H groups in total. The highest BCUT2D eigenvalue weighted by atomic mass is 32.1. The summed E-state index contributed by atoms with van der Waals surface area (Å²) in [7, 11) is 0. The van der Waals surface area contributed by atoms with Crippen LogP contribution in [0.1, 0.15) is 41.1 Å². The van der Waals surface area contributed by atoms with E-state index in [1.807, 2.05) is 67.3 Å². The number of carbonyl (C=O) groups is 1. The maximum Gasteiger partial charge on any atom is 0.226 e. The number of aromatic nitrogens is 1. The second-order valence-electron chi connectivity index (χ2n) is 9.15. The van der Waals surface area contributed by atoms with E-state index in [0.717, 1.165) is 28.1 Å². The number of benzene rings is 2. The summed E-state index contributed by atoms with van der Waals surface area (Å²) in [5.74, 6) is 0.904. The average molecular weight is 515 g/mol. The van der Waals surface area contributed by atoms with Gasteiger partial charge in [-0.1, -0.05) is 18.2 Å². The molecule has 2 aromatic heterocycles. The van der Waals surface area contributed by atoms with Crippen molar-refractivity contribution in [3.63, 3.8) is 0 Å². The predicted octanol–water partition coefficient (Wildman–Crippen LogP) is 6.10. The van der Waals surface area contributed by atoms with Crippen molar-refractivity contribution in [2.24, 2.45) is 0 Å². The van der Waals surface area contributed by atoms with E-state index in [1.165, 1.54) is 12.1 Å². The highest BCUT2D eigenvalue weighted by molar-refractivity contribution is 7.80. The minimum absolute atomic E-state index is 0.0945. The van der Waals surface area contributed by atoms with Crippen LogP contribution in [0.4, 0.5) is 10.1 Å². The molecule has 1 aliphatic heterocycles. The molecule has 0 bridgehead atoms. The van der Waals surface area contributed by atoms with E-state index in [1.54, 1.807) is 18.3 Å². The minimum atomic E-state index is -0.315. The first-order valence-corrected chi connectivity index (χ1v) is 12.5. The molecular weight excluding hydrogens is 487 g/mol. The van der Waals surface area contributed by atoms with Crippen LogP contribution in [0, 0.1) is 19.7 Å². The molecule has 0 aliphatic carbocycles. The number of nitrogens with one attached hydrogen (secondary N) is 2. The van der Waals surface area contributed by atoms with Gasteiger partial charge in [-0.2, -0.15) is 0 Å². The first kappa shape index (κ1) is 24.6. The van der Waals surface area contributed by atoms with E-state index >= 15 is 0 Å². The molecule has 6 nitrogen and oxygen atoms in total. The number of hydrogen-bond acceptors (Lipinski definition) is 4. The van der Waals surface area contributed by atoms with Crippen LogP contribution in [0.15, 0.2) is 83.4 Å². The molecule has 0 unspecified atom stereocenters. The summed E-state index contributed by atoms with van der Waals surface area (Å²) in [6, 6.07) is 21.1. The second kappa shape index (κ2) is 10.5. The number of anilines is 1. The van der Waals surface area contributed by atoms with Gasteiger partial charge in [0.05, 0.1) is 11.7 Å². The zero-order valence-electron chi connectivity index (χ0n) is 20.6. The summed E-state index contributed by atoms with van der Waals surface area (Å²) >= 11 is 5.70. The first-order valence-electron chi connectivity index (χ1n) is 12.1. The topological polar surface area (TPSA) is 70.4 Å². The van der Waals surface area contributed by atoms with Gasteiger partial charge < -0.3 is 20.0 Å². The molecule has 1 aliphatic rings. The van der Waals surface area contributed by atoms with Crippen LogP contribution in [-0.2, 0) is 4.79 Å². The molecule has 2 atom stereocenters. The molecule has 4 aromatic rings. The monoisotopic (exact) mass is 514 g/mol. The van der Waals surface area contributed by atoms with Crippen LogP contribution in [0.3, 0.4) is 0 Å². The van der Waals surface area contributed by atoms with Gasteiger partial charge >= 0.3 is 0 Å². The van der Waals surface area contributed by atoms with Crippen LogP contribution >= 0.6 is 12.2 Å². The molecule has 8 heteroatoms.